The van der Waals surface area contributed by atoms with E-state index in [9.17, 15) is 0 Å². The summed E-state index contributed by atoms with van der Waals surface area (Å²) in [5, 5.41) is 2.47. The van der Waals surface area contributed by atoms with Crippen LogP contribution in [-0.4, -0.2) is 31.8 Å². The molecule has 3 rings (SSSR count). The number of thiol groups is 1. The fourth-order valence-corrected chi connectivity index (χ4v) is 8.48. The molecule has 5 heteroatoms. The average molecular weight is 424 g/mol. The summed E-state index contributed by atoms with van der Waals surface area (Å²) in [6, 6.07) is 25.0. The molecule has 0 bridgehead atoms. The summed E-state index contributed by atoms with van der Waals surface area (Å²) in [7, 11) is -2.57. The molecule has 0 fully saturated rings. The van der Waals surface area contributed by atoms with E-state index in [1.165, 1.54) is 10.4 Å². The molecule has 2 aromatic carbocycles. The van der Waals surface area contributed by atoms with Crippen LogP contribution in [0.5, 0.6) is 5.75 Å². The second-order valence-corrected chi connectivity index (χ2v) is 12.8. The Hall–Kier alpha value is -2.08. The van der Waals surface area contributed by atoms with Crippen molar-refractivity contribution in [2.45, 2.75) is 31.9 Å². The van der Waals surface area contributed by atoms with E-state index >= 15 is 0 Å². The summed E-state index contributed by atoms with van der Waals surface area (Å²) in [6.45, 7) is 7.30. The third-order valence-electron chi connectivity index (χ3n) is 5.06. The first-order valence-electron chi connectivity index (χ1n) is 9.90. The van der Waals surface area contributed by atoms with E-state index in [-0.39, 0.29) is 11.1 Å². The molecule has 0 aliphatic rings. The van der Waals surface area contributed by atoms with Crippen molar-refractivity contribution in [2.24, 2.45) is 0 Å². The van der Waals surface area contributed by atoms with Crippen molar-refractivity contribution in [3.05, 3.63) is 85.2 Å². The molecule has 3 nitrogen and oxygen atoms in total. The summed E-state index contributed by atoms with van der Waals surface area (Å²) >= 11 is 4.52. The highest BCUT2D eigenvalue weighted by Gasteiger charge is 2.50. The van der Waals surface area contributed by atoms with Crippen molar-refractivity contribution >= 4 is 31.3 Å². The highest BCUT2D eigenvalue weighted by molar-refractivity contribution is 7.80. The fourth-order valence-electron chi connectivity index (χ4n) is 3.71. The number of rotatable bonds is 8. The second-order valence-electron chi connectivity index (χ2n) is 8.08. The zero-order valence-electron chi connectivity index (χ0n) is 17.3. The van der Waals surface area contributed by atoms with Gasteiger partial charge < -0.3 is 9.16 Å². The van der Waals surface area contributed by atoms with Gasteiger partial charge in [-0.25, -0.2) is 0 Å². The van der Waals surface area contributed by atoms with E-state index in [2.05, 4.69) is 99.0 Å². The Morgan fingerprint density at radius 2 is 1.38 bits per heavy atom. The van der Waals surface area contributed by atoms with Crippen molar-refractivity contribution < 1.29 is 9.16 Å². The number of benzene rings is 2. The summed E-state index contributed by atoms with van der Waals surface area (Å²) in [5.41, 5.74) is 0. The molecule has 0 N–H and O–H groups in total. The van der Waals surface area contributed by atoms with Gasteiger partial charge in [-0.05, 0) is 27.5 Å². The smallest absolute Gasteiger partial charge is 0.261 e. The molecule has 0 amide bonds. The molecular formula is C24H29NO2SSi. The van der Waals surface area contributed by atoms with Gasteiger partial charge in [-0.1, -0.05) is 81.4 Å². The summed E-state index contributed by atoms with van der Waals surface area (Å²) in [4.78, 5) is 4.05. The molecule has 0 unspecified atom stereocenters. The van der Waals surface area contributed by atoms with Crippen LogP contribution in [-0.2, 0) is 4.43 Å². The molecule has 1 aromatic heterocycles. The van der Waals surface area contributed by atoms with Crippen LogP contribution in [0.3, 0.4) is 0 Å². The van der Waals surface area contributed by atoms with Crippen LogP contribution in [0.15, 0.2) is 85.2 Å². The standard InChI is InChI=1S/C24H29NO2SSi/c1-24(2,3)29(22-10-6-4-7-11-22,23-12-8-5-9-13-23)26-18-21(19-28)27-20-14-16-25-17-15-20/h4-17,21,28H,18-19H2,1-3H3/t21-/m0/s1. The number of nitrogens with zero attached hydrogens (tertiary/aromatic N) is 1. The van der Waals surface area contributed by atoms with Crippen LogP contribution in [0, 0.1) is 0 Å². The van der Waals surface area contributed by atoms with Crippen LogP contribution < -0.4 is 15.1 Å². The molecule has 0 aliphatic carbocycles. The molecule has 152 valence electrons. The Balaban J connectivity index is 1.97. The summed E-state index contributed by atoms with van der Waals surface area (Å²) < 4.78 is 13.1. The molecule has 0 saturated carbocycles. The quantitative estimate of drug-likeness (QED) is 0.432. The van der Waals surface area contributed by atoms with Gasteiger partial charge in [0.05, 0.1) is 6.61 Å². The lowest BCUT2D eigenvalue weighted by molar-refractivity contribution is 0.140. The van der Waals surface area contributed by atoms with Crippen LogP contribution in [0.2, 0.25) is 5.04 Å². The Morgan fingerprint density at radius 3 is 1.83 bits per heavy atom. The maximum Gasteiger partial charge on any atom is 0.261 e. The maximum atomic E-state index is 6.94. The van der Waals surface area contributed by atoms with Gasteiger partial charge in [-0.15, -0.1) is 0 Å². The first-order valence-corrected chi connectivity index (χ1v) is 12.4. The first kappa shape index (κ1) is 21.6. The number of hydrogen-bond acceptors (Lipinski definition) is 4. The predicted octanol–water partition coefficient (Wildman–Crippen LogP) is 4.34. The lowest BCUT2D eigenvalue weighted by atomic mass is 10.2. The Morgan fingerprint density at radius 1 is 0.862 bits per heavy atom. The van der Waals surface area contributed by atoms with E-state index in [1.54, 1.807) is 12.4 Å². The van der Waals surface area contributed by atoms with Gasteiger partial charge in [-0.3, -0.25) is 4.98 Å². The highest BCUT2D eigenvalue weighted by atomic mass is 32.1. The van der Waals surface area contributed by atoms with E-state index in [0.29, 0.717) is 12.4 Å². The fraction of sp³-hybridized carbons (Fsp3) is 0.292. The van der Waals surface area contributed by atoms with Gasteiger partial charge in [0.25, 0.3) is 8.32 Å². The number of pyridine rings is 1. The minimum atomic E-state index is -2.57. The topological polar surface area (TPSA) is 31.4 Å². The molecular weight excluding hydrogens is 394 g/mol. The zero-order valence-corrected chi connectivity index (χ0v) is 19.2. The highest BCUT2D eigenvalue weighted by Crippen LogP contribution is 2.36. The van der Waals surface area contributed by atoms with Crippen molar-refractivity contribution in [3.63, 3.8) is 0 Å². The van der Waals surface area contributed by atoms with Crippen molar-refractivity contribution in [3.8, 4) is 5.75 Å². The van der Waals surface area contributed by atoms with E-state index in [1.807, 2.05) is 12.1 Å². The first-order chi connectivity index (χ1) is 14.0. The third kappa shape index (κ3) is 4.92. The SMILES string of the molecule is CC(C)(C)[Si](OC[C@@H](CS)Oc1ccncc1)(c1ccccc1)c1ccccc1. The van der Waals surface area contributed by atoms with Crippen molar-refractivity contribution in [2.75, 3.05) is 12.4 Å². The normalized spacial score (nSPS) is 13.1. The molecule has 0 radical (unpaired) electrons. The van der Waals surface area contributed by atoms with Gasteiger partial charge in [-0.2, -0.15) is 12.6 Å². The number of aromatic nitrogens is 1. The van der Waals surface area contributed by atoms with E-state index < -0.39 is 8.32 Å². The van der Waals surface area contributed by atoms with Crippen LogP contribution in [0.25, 0.3) is 0 Å². The largest absolute Gasteiger partial charge is 0.487 e. The minimum absolute atomic E-state index is 0.0620. The molecule has 0 spiro atoms. The Kier molecular flexibility index (Phi) is 7.17. The van der Waals surface area contributed by atoms with Gasteiger partial charge in [0.1, 0.15) is 11.9 Å². The summed E-state index contributed by atoms with van der Waals surface area (Å²) in [6.07, 6.45) is 3.31. The minimum Gasteiger partial charge on any atom is -0.487 e. The third-order valence-corrected chi connectivity index (χ3v) is 10.5. The number of ether oxygens (including phenoxy) is 1. The van der Waals surface area contributed by atoms with Crippen molar-refractivity contribution in [1.29, 1.82) is 0 Å². The molecule has 1 heterocycles. The maximum absolute atomic E-state index is 6.94. The van der Waals surface area contributed by atoms with E-state index in [0.717, 1.165) is 5.75 Å². The van der Waals surface area contributed by atoms with Crippen LogP contribution in [0.1, 0.15) is 20.8 Å². The zero-order chi connectivity index (χ0) is 20.7. The molecule has 1 atom stereocenters. The van der Waals surface area contributed by atoms with Crippen LogP contribution in [0.4, 0.5) is 0 Å². The number of hydrogen-bond donors (Lipinski definition) is 1. The van der Waals surface area contributed by atoms with Crippen molar-refractivity contribution in [1.82, 2.24) is 4.98 Å². The second kappa shape index (κ2) is 9.61. The Labute approximate surface area is 180 Å². The molecule has 29 heavy (non-hydrogen) atoms. The van der Waals surface area contributed by atoms with Crippen LogP contribution >= 0.6 is 12.6 Å². The van der Waals surface area contributed by atoms with Gasteiger partial charge in [0, 0.05) is 18.1 Å². The molecule has 0 aliphatic heterocycles. The van der Waals surface area contributed by atoms with E-state index in [4.69, 9.17) is 9.16 Å². The molecule has 0 saturated heterocycles. The summed E-state index contributed by atoms with van der Waals surface area (Å²) in [5.74, 6) is 1.35. The monoisotopic (exact) mass is 423 g/mol. The lowest BCUT2D eigenvalue weighted by Gasteiger charge is -2.43. The Bertz CT molecular complexity index is 830. The van der Waals surface area contributed by atoms with Gasteiger partial charge in [0.15, 0.2) is 0 Å². The van der Waals surface area contributed by atoms with Gasteiger partial charge in [0.2, 0.25) is 0 Å². The lowest BCUT2D eigenvalue weighted by Crippen LogP contribution is -2.67. The predicted molar refractivity (Wildman–Crippen MR) is 126 cm³/mol. The average Bonchev–Trinajstić information content (AvgIpc) is 2.74. The van der Waals surface area contributed by atoms with Gasteiger partial charge >= 0.3 is 0 Å². The molecule has 3 aromatic rings.